The third-order valence-electron chi connectivity index (χ3n) is 5.67. The Bertz CT molecular complexity index is 746. The van der Waals surface area contributed by atoms with Crippen LogP contribution in [0.3, 0.4) is 0 Å². The van der Waals surface area contributed by atoms with Gasteiger partial charge < -0.3 is 16.0 Å². The van der Waals surface area contributed by atoms with E-state index in [4.69, 9.17) is 5.73 Å². The maximum atomic E-state index is 13.0. The Morgan fingerprint density at radius 3 is 2.59 bits per heavy atom. The van der Waals surface area contributed by atoms with Crippen molar-refractivity contribution in [2.45, 2.75) is 57.7 Å². The standard InChI is InChI=1S/C20H28N4O3/c1-13-7-9-15(10-8-13)20(3)18(26)24(19(27)22-20)12-17(25)23-11-5-4-6-16(23)14(2)21/h7-10,14,16H,4-6,11-12,21H2,1-3H3,(H,22,27). The number of likely N-dealkylation sites (tertiary alicyclic amines) is 1. The summed E-state index contributed by atoms with van der Waals surface area (Å²) in [5, 5.41) is 2.75. The van der Waals surface area contributed by atoms with Crippen LogP contribution in [0.4, 0.5) is 4.79 Å². The van der Waals surface area contributed by atoms with Gasteiger partial charge in [-0.2, -0.15) is 0 Å². The number of nitrogens with two attached hydrogens (primary N) is 1. The van der Waals surface area contributed by atoms with Gasteiger partial charge in [-0.1, -0.05) is 29.8 Å². The molecule has 1 aromatic carbocycles. The average Bonchev–Trinajstić information content (AvgIpc) is 2.86. The highest BCUT2D eigenvalue weighted by atomic mass is 16.2. The number of rotatable bonds is 4. The molecule has 2 aliphatic rings. The minimum absolute atomic E-state index is 0.0458. The van der Waals surface area contributed by atoms with E-state index in [1.54, 1.807) is 11.8 Å². The van der Waals surface area contributed by atoms with Gasteiger partial charge in [-0.3, -0.25) is 14.5 Å². The van der Waals surface area contributed by atoms with E-state index in [2.05, 4.69) is 5.32 Å². The number of hydrogen-bond acceptors (Lipinski definition) is 4. The van der Waals surface area contributed by atoms with Crippen molar-refractivity contribution in [3.05, 3.63) is 35.4 Å². The molecule has 27 heavy (non-hydrogen) atoms. The molecule has 4 amide bonds. The molecule has 3 N–H and O–H groups in total. The molecule has 0 spiro atoms. The zero-order chi connectivity index (χ0) is 19.8. The van der Waals surface area contributed by atoms with Crippen LogP contribution in [0.5, 0.6) is 0 Å². The topological polar surface area (TPSA) is 95.7 Å². The minimum atomic E-state index is -1.16. The fourth-order valence-electron chi connectivity index (χ4n) is 3.96. The zero-order valence-electron chi connectivity index (χ0n) is 16.2. The first-order chi connectivity index (χ1) is 12.7. The molecule has 3 atom stereocenters. The van der Waals surface area contributed by atoms with Crippen molar-refractivity contribution in [1.29, 1.82) is 0 Å². The molecular formula is C20H28N4O3. The number of carbonyl (C=O) groups excluding carboxylic acids is 3. The normalized spacial score (nSPS) is 26.9. The number of piperidine rings is 1. The zero-order valence-corrected chi connectivity index (χ0v) is 16.2. The second-order valence-corrected chi connectivity index (χ2v) is 7.82. The van der Waals surface area contributed by atoms with Crippen LogP contribution in [-0.4, -0.2) is 52.8 Å². The van der Waals surface area contributed by atoms with Crippen molar-refractivity contribution in [2.24, 2.45) is 5.73 Å². The summed E-state index contributed by atoms with van der Waals surface area (Å²) in [5.74, 6) is -0.632. The lowest BCUT2D eigenvalue weighted by atomic mass is 9.91. The van der Waals surface area contributed by atoms with Gasteiger partial charge in [0.05, 0.1) is 0 Å². The van der Waals surface area contributed by atoms with Gasteiger partial charge in [0.2, 0.25) is 5.91 Å². The number of urea groups is 1. The van der Waals surface area contributed by atoms with Gasteiger partial charge >= 0.3 is 6.03 Å². The largest absolute Gasteiger partial charge is 0.337 e. The Morgan fingerprint density at radius 2 is 1.96 bits per heavy atom. The van der Waals surface area contributed by atoms with Gasteiger partial charge in [-0.15, -0.1) is 0 Å². The predicted octanol–water partition coefficient (Wildman–Crippen LogP) is 1.49. The molecule has 0 saturated carbocycles. The van der Waals surface area contributed by atoms with Gasteiger partial charge in [0.15, 0.2) is 0 Å². The van der Waals surface area contributed by atoms with E-state index < -0.39 is 17.5 Å². The number of aryl methyl sites for hydroxylation is 1. The first-order valence-corrected chi connectivity index (χ1v) is 9.50. The van der Waals surface area contributed by atoms with Crippen molar-refractivity contribution in [3.8, 4) is 0 Å². The Hall–Kier alpha value is -2.41. The summed E-state index contributed by atoms with van der Waals surface area (Å²) in [6.07, 6.45) is 2.80. The summed E-state index contributed by atoms with van der Waals surface area (Å²) < 4.78 is 0. The van der Waals surface area contributed by atoms with Crippen LogP contribution in [0.25, 0.3) is 0 Å². The Kier molecular flexibility index (Phi) is 5.24. The molecule has 3 rings (SSSR count). The molecule has 0 aromatic heterocycles. The summed E-state index contributed by atoms with van der Waals surface area (Å²) in [5.41, 5.74) is 6.65. The Balaban J connectivity index is 1.77. The van der Waals surface area contributed by atoms with E-state index >= 15 is 0 Å². The van der Waals surface area contributed by atoms with Gasteiger partial charge in [0.25, 0.3) is 5.91 Å². The smallest absolute Gasteiger partial charge is 0.325 e. The molecule has 2 aliphatic heterocycles. The second kappa shape index (κ2) is 7.31. The average molecular weight is 372 g/mol. The van der Waals surface area contributed by atoms with Crippen molar-refractivity contribution in [3.63, 3.8) is 0 Å². The number of amides is 4. The molecule has 1 aromatic rings. The highest BCUT2D eigenvalue weighted by molar-refractivity contribution is 6.09. The molecular weight excluding hydrogens is 344 g/mol. The number of hydrogen-bond donors (Lipinski definition) is 2. The number of imide groups is 1. The van der Waals surface area contributed by atoms with E-state index in [1.807, 2.05) is 38.1 Å². The lowest BCUT2D eigenvalue weighted by Gasteiger charge is -2.38. The molecule has 7 heteroatoms. The lowest BCUT2D eigenvalue weighted by molar-refractivity contribution is -0.141. The first kappa shape index (κ1) is 19.4. The van der Waals surface area contributed by atoms with Crippen molar-refractivity contribution in [2.75, 3.05) is 13.1 Å². The first-order valence-electron chi connectivity index (χ1n) is 9.50. The van der Waals surface area contributed by atoms with Crippen LogP contribution < -0.4 is 11.1 Å². The summed E-state index contributed by atoms with van der Waals surface area (Å²) in [6.45, 7) is 5.88. The van der Waals surface area contributed by atoms with Gasteiger partial charge in [-0.25, -0.2) is 4.79 Å². The van der Waals surface area contributed by atoms with E-state index in [-0.39, 0.29) is 24.5 Å². The summed E-state index contributed by atoms with van der Waals surface area (Å²) in [6, 6.07) is 6.73. The molecule has 7 nitrogen and oxygen atoms in total. The predicted molar refractivity (Wildman–Crippen MR) is 102 cm³/mol. The molecule has 0 aliphatic carbocycles. The third kappa shape index (κ3) is 3.56. The SMILES string of the molecule is Cc1ccc(C2(C)NC(=O)N(CC(=O)N3CCCCC3C(C)N)C2=O)cc1. The summed E-state index contributed by atoms with van der Waals surface area (Å²) in [4.78, 5) is 41.1. The monoisotopic (exact) mass is 372 g/mol. The lowest BCUT2D eigenvalue weighted by Crippen LogP contribution is -2.54. The van der Waals surface area contributed by atoms with Crippen LogP contribution in [0, 0.1) is 6.92 Å². The van der Waals surface area contributed by atoms with Gasteiger partial charge in [-0.05, 0) is 45.6 Å². The molecule has 2 saturated heterocycles. The maximum Gasteiger partial charge on any atom is 0.325 e. The van der Waals surface area contributed by atoms with Crippen LogP contribution in [0.2, 0.25) is 0 Å². The molecule has 2 heterocycles. The Morgan fingerprint density at radius 1 is 1.30 bits per heavy atom. The van der Waals surface area contributed by atoms with E-state index in [0.29, 0.717) is 12.1 Å². The van der Waals surface area contributed by atoms with Crippen LogP contribution in [0.1, 0.15) is 44.2 Å². The van der Waals surface area contributed by atoms with Gasteiger partial charge in [0.1, 0.15) is 12.1 Å². The van der Waals surface area contributed by atoms with Crippen molar-refractivity contribution >= 4 is 17.8 Å². The molecule has 0 radical (unpaired) electrons. The highest BCUT2D eigenvalue weighted by Gasteiger charge is 2.50. The number of benzene rings is 1. The highest BCUT2D eigenvalue weighted by Crippen LogP contribution is 2.29. The second-order valence-electron chi connectivity index (χ2n) is 7.82. The molecule has 3 unspecified atom stereocenters. The fraction of sp³-hybridized carbons (Fsp3) is 0.550. The number of nitrogens with one attached hydrogen (secondary N) is 1. The fourth-order valence-corrected chi connectivity index (χ4v) is 3.96. The summed E-state index contributed by atoms with van der Waals surface area (Å²) >= 11 is 0. The Labute approximate surface area is 159 Å². The number of nitrogens with zero attached hydrogens (tertiary/aromatic N) is 2. The van der Waals surface area contributed by atoms with E-state index in [0.717, 1.165) is 29.7 Å². The van der Waals surface area contributed by atoms with Crippen LogP contribution in [0.15, 0.2) is 24.3 Å². The number of carbonyl (C=O) groups is 3. The quantitative estimate of drug-likeness (QED) is 0.783. The molecule has 0 bridgehead atoms. The molecule has 146 valence electrons. The minimum Gasteiger partial charge on any atom is -0.337 e. The van der Waals surface area contributed by atoms with Crippen LogP contribution >= 0.6 is 0 Å². The van der Waals surface area contributed by atoms with Crippen molar-refractivity contribution < 1.29 is 14.4 Å². The summed E-state index contributed by atoms with van der Waals surface area (Å²) in [7, 11) is 0. The molecule has 2 fully saturated rings. The van der Waals surface area contributed by atoms with E-state index in [1.165, 1.54) is 0 Å². The maximum absolute atomic E-state index is 13.0. The van der Waals surface area contributed by atoms with Gasteiger partial charge in [0, 0.05) is 18.6 Å². The van der Waals surface area contributed by atoms with E-state index in [9.17, 15) is 14.4 Å². The van der Waals surface area contributed by atoms with Crippen molar-refractivity contribution in [1.82, 2.24) is 15.1 Å². The van der Waals surface area contributed by atoms with Crippen LogP contribution in [-0.2, 0) is 15.1 Å². The third-order valence-corrected chi connectivity index (χ3v) is 5.67.